The molecule has 4 nitrogen and oxygen atoms in total. The van der Waals surface area contributed by atoms with Crippen LogP contribution in [0.15, 0.2) is 24.3 Å². The number of hydrogen-bond acceptors (Lipinski definition) is 3. The lowest BCUT2D eigenvalue weighted by Gasteiger charge is -2.17. The van der Waals surface area contributed by atoms with Crippen LogP contribution in [0.25, 0.3) is 0 Å². The number of nitrogens with one attached hydrogen (secondary N) is 1. The van der Waals surface area contributed by atoms with Crippen molar-refractivity contribution in [3.63, 3.8) is 0 Å². The largest absolute Gasteiger partial charge is 0.399 e. The summed E-state index contributed by atoms with van der Waals surface area (Å²) in [6.07, 6.45) is 1.70. The summed E-state index contributed by atoms with van der Waals surface area (Å²) >= 11 is 0. The van der Waals surface area contributed by atoms with E-state index in [1.54, 1.807) is 0 Å². The molecule has 0 radical (unpaired) electrons. The Balaban J connectivity index is 2.33. The highest BCUT2D eigenvalue weighted by atomic mass is 16.2. The number of hydrogen-bond donors (Lipinski definition) is 3. The quantitative estimate of drug-likeness (QED) is 0.665. The van der Waals surface area contributed by atoms with Crippen LogP contribution in [0.2, 0.25) is 0 Å². The molecule has 0 fully saturated rings. The lowest BCUT2D eigenvalue weighted by Crippen LogP contribution is -2.45. The van der Waals surface area contributed by atoms with E-state index in [-0.39, 0.29) is 11.8 Å². The van der Waals surface area contributed by atoms with Gasteiger partial charge in [-0.15, -0.1) is 0 Å². The fraction of sp³-hybridized carbons (Fsp3) is 0.500. The van der Waals surface area contributed by atoms with Crippen LogP contribution in [-0.2, 0) is 11.2 Å². The molecule has 1 aromatic carbocycles. The summed E-state index contributed by atoms with van der Waals surface area (Å²) < 4.78 is 0. The summed E-state index contributed by atoms with van der Waals surface area (Å²) in [5.74, 6) is 0.140. The monoisotopic (exact) mass is 249 g/mol. The highest BCUT2D eigenvalue weighted by molar-refractivity contribution is 5.81. The molecule has 100 valence electrons. The van der Waals surface area contributed by atoms with E-state index in [0.717, 1.165) is 24.1 Å². The van der Waals surface area contributed by atoms with Gasteiger partial charge in [-0.3, -0.25) is 4.79 Å². The van der Waals surface area contributed by atoms with E-state index in [2.05, 4.69) is 5.32 Å². The van der Waals surface area contributed by atoms with Gasteiger partial charge < -0.3 is 16.8 Å². The molecule has 0 aliphatic heterocycles. The van der Waals surface area contributed by atoms with Crippen LogP contribution < -0.4 is 16.8 Å². The Morgan fingerprint density at radius 1 is 1.33 bits per heavy atom. The highest BCUT2D eigenvalue weighted by Crippen LogP contribution is 2.07. The van der Waals surface area contributed by atoms with E-state index in [4.69, 9.17) is 11.5 Å². The van der Waals surface area contributed by atoms with Gasteiger partial charge in [0.15, 0.2) is 0 Å². The van der Waals surface area contributed by atoms with Crippen LogP contribution in [-0.4, -0.2) is 18.5 Å². The lowest BCUT2D eigenvalue weighted by atomic mass is 9.99. The molecule has 5 N–H and O–H groups in total. The molecule has 1 aromatic rings. The maximum Gasteiger partial charge on any atom is 0.237 e. The van der Waals surface area contributed by atoms with Crippen molar-refractivity contribution >= 4 is 11.6 Å². The molecule has 0 bridgehead atoms. The fourth-order valence-electron chi connectivity index (χ4n) is 1.64. The number of rotatable bonds is 6. The molecule has 0 aliphatic carbocycles. The zero-order chi connectivity index (χ0) is 13.5. The van der Waals surface area contributed by atoms with Crippen molar-refractivity contribution in [1.29, 1.82) is 0 Å². The Hall–Kier alpha value is -1.55. The van der Waals surface area contributed by atoms with Crippen LogP contribution in [0, 0.1) is 5.92 Å². The molecule has 0 aromatic heterocycles. The number of carbonyl (C=O) groups excluding carboxylic acids is 1. The molecule has 0 spiro atoms. The van der Waals surface area contributed by atoms with Crippen molar-refractivity contribution in [3.8, 4) is 0 Å². The first kappa shape index (κ1) is 14.5. The number of carbonyl (C=O) groups is 1. The van der Waals surface area contributed by atoms with Gasteiger partial charge in [-0.25, -0.2) is 0 Å². The summed E-state index contributed by atoms with van der Waals surface area (Å²) in [4.78, 5) is 11.7. The Labute approximate surface area is 109 Å². The fourth-order valence-corrected chi connectivity index (χ4v) is 1.64. The molecule has 0 heterocycles. The summed E-state index contributed by atoms with van der Waals surface area (Å²) in [6.45, 7) is 4.63. The van der Waals surface area contributed by atoms with E-state index in [0.29, 0.717) is 6.54 Å². The van der Waals surface area contributed by atoms with Crippen LogP contribution in [0.5, 0.6) is 0 Å². The molecule has 0 saturated heterocycles. The van der Waals surface area contributed by atoms with Gasteiger partial charge in [-0.05, 0) is 30.0 Å². The molecule has 2 unspecified atom stereocenters. The van der Waals surface area contributed by atoms with Gasteiger partial charge >= 0.3 is 0 Å². The third-order valence-corrected chi connectivity index (χ3v) is 3.25. The maximum absolute atomic E-state index is 11.7. The Morgan fingerprint density at radius 3 is 2.50 bits per heavy atom. The molecule has 1 amide bonds. The molecule has 1 rings (SSSR count). The smallest absolute Gasteiger partial charge is 0.237 e. The minimum atomic E-state index is -0.415. The predicted molar refractivity (Wildman–Crippen MR) is 75.0 cm³/mol. The number of anilines is 1. The first-order valence-corrected chi connectivity index (χ1v) is 6.42. The van der Waals surface area contributed by atoms with Crippen LogP contribution in [0.1, 0.15) is 25.8 Å². The summed E-state index contributed by atoms with van der Waals surface area (Å²) in [5.41, 5.74) is 13.4. The minimum absolute atomic E-state index is 0.0696. The zero-order valence-corrected chi connectivity index (χ0v) is 11.1. The van der Waals surface area contributed by atoms with Gasteiger partial charge in [-0.1, -0.05) is 32.4 Å². The highest BCUT2D eigenvalue weighted by Gasteiger charge is 2.18. The van der Waals surface area contributed by atoms with Crippen molar-refractivity contribution in [2.45, 2.75) is 32.7 Å². The van der Waals surface area contributed by atoms with Gasteiger partial charge in [-0.2, -0.15) is 0 Å². The van der Waals surface area contributed by atoms with Crippen molar-refractivity contribution in [2.75, 3.05) is 12.3 Å². The van der Waals surface area contributed by atoms with E-state index in [1.165, 1.54) is 0 Å². The molecule has 2 atom stereocenters. The number of nitrogens with two attached hydrogens (primary N) is 2. The second kappa shape index (κ2) is 7.01. The van der Waals surface area contributed by atoms with Gasteiger partial charge in [0.2, 0.25) is 5.91 Å². The van der Waals surface area contributed by atoms with Gasteiger partial charge in [0.05, 0.1) is 6.04 Å². The first-order chi connectivity index (χ1) is 8.54. The molecular formula is C14H23N3O. The summed E-state index contributed by atoms with van der Waals surface area (Å²) in [6, 6.07) is 7.25. The third kappa shape index (κ3) is 4.37. The maximum atomic E-state index is 11.7. The Kier molecular flexibility index (Phi) is 5.65. The second-order valence-corrected chi connectivity index (χ2v) is 4.69. The van der Waals surface area contributed by atoms with Crippen molar-refractivity contribution in [1.82, 2.24) is 5.32 Å². The van der Waals surface area contributed by atoms with Crippen molar-refractivity contribution < 1.29 is 4.79 Å². The summed E-state index contributed by atoms with van der Waals surface area (Å²) in [5, 5.41) is 2.87. The number of nitrogen functional groups attached to an aromatic ring is 1. The van der Waals surface area contributed by atoms with E-state index in [1.807, 2.05) is 38.1 Å². The SMILES string of the molecule is CCC(C)C(N)C(=O)NCCc1ccc(N)cc1. The summed E-state index contributed by atoms with van der Waals surface area (Å²) in [7, 11) is 0. The topological polar surface area (TPSA) is 81.1 Å². The van der Waals surface area contributed by atoms with Gasteiger partial charge in [0.25, 0.3) is 0 Å². The number of benzene rings is 1. The van der Waals surface area contributed by atoms with E-state index >= 15 is 0 Å². The van der Waals surface area contributed by atoms with E-state index in [9.17, 15) is 4.79 Å². The normalized spacial score (nSPS) is 13.9. The van der Waals surface area contributed by atoms with Gasteiger partial charge in [0.1, 0.15) is 0 Å². The molecule has 0 saturated carbocycles. The van der Waals surface area contributed by atoms with Gasteiger partial charge in [0, 0.05) is 12.2 Å². The van der Waals surface area contributed by atoms with Crippen LogP contribution in [0.3, 0.4) is 0 Å². The third-order valence-electron chi connectivity index (χ3n) is 3.25. The molecule has 18 heavy (non-hydrogen) atoms. The predicted octanol–water partition coefficient (Wildman–Crippen LogP) is 1.30. The molecule has 4 heteroatoms. The standard InChI is InChI=1S/C14H23N3O/c1-3-10(2)13(16)14(18)17-9-8-11-4-6-12(15)7-5-11/h4-7,10,13H,3,8-9,15-16H2,1-2H3,(H,17,18). The number of amides is 1. The van der Waals surface area contributed by atoms with E-state index < -0.39 is 6.04 Å². The average molecular weight is 249 g/mol. The second-order valence-electron chi connectivity index (χ2n) is 4.69. The zero-order valence-electron chi connectivity index (χ0n) is 11.1. The first-order valence-electron chi connectivity index (χ1n) is 6.42. The van der Waals surface area contributed by atoms with Crippen LogP contribution in [0.4, 0.5) is 5.69 Å². The molecule has 0 aliphatic rings. The lowest BCUT2D eigenvalue weighted by molar-refractivity contribution is -0.123. The average Bonchev–Trinajstić information content (AvgIpc) is 2.39. The van der Waals surface area contributed by atoms with Crippen LogP contribution >= 0.6 is 0 Å². The van der Waals surface area contributed by atoms with Crippen molar-refractivity contribution in [2.24, 2.45) is 11.7 Å². The Morgan fingerprint density at radius 2 is 1.94 bits per heavy atom. The van der Waals surface area contributed by atoms with Crippen molar-refractivity contribution in [3.05, 3.63) is 29.8 Å². The minimum Gasteiger partial charge on any atom is -0.399 e. The Bertz CT molecular complexity index is 375. The molecular weight excluding hydrogens is 226 g/mol.